The van der Waals surface area contributed by atoms with Crippen LogP contribution in [0.1, 0.15) is 36.2 Å². The number of rotatable bonds is 1. The average Bonchev–Trinajstić information content (AvgIpc) is 2.37. The first-order chi connectivity index (χ1) is 8.88. The second-order valence-corrected chi connectivity index (χ2v) is 5.77. The Morgan fingerprint density at radius 2 is 2.21 bits per heavy atom. The fourth-order valence-electron chi connectivity index (χ4n) is 2.05. The Bertz CT molecular complexity index is 566. The normalized spacial score (nSPS) is 18.6. The number of hydrogen-bond donors (Lipinski definition) is 1. The van der Waals surface area contributed by atoms with Crippen molar-refractivity contribution < 1.29 is 19.5 Å². The summed E-state index contributed by atoms with van der Waals surface area (Å²) in [5.74, 6) is 0.113. The molecule has 0 spiro atoms. The lowest BCUT2D eigenvalue weighted by atomic mass is 9.91. The van der Waals surface area contributed by atoms with Gasteiger partial charge in [-0.3, -0.25) is 0 Å². The zero-order valence-electron chi connectivity index (χ0n) is 10.9. The Kier molecular flexibility index (Phi) is 3.54. The molecule has 6 heteroatoms. The van der Waals surface area contributed by atoms with Crippen LogP contribution in [0.25, 0.3) is 0 Å². The van der Waals surface area contributed by atoms with E-state index in [0.29, 0.717) is 33.5 Å². The van der Waals surface area contributed by atoms with E-state index in [2.05, 4.69) is 25.8 Å². The summed E-state index contributed by atoms with van der Waals surface area (Å²) in [7, 11) is 1.32. The molecular formula is C13H14BrNO4. The zero-order chi connectivity index (χ0) is 14.2. The van der Waals surface area contributed by atoms with Crippen molar-refractivity contribution in [2.45, 2.75) is 25.9 Å². The van der Waals surface area contributed by atoms with Crippen LogP contribution in [0.3, 0.4) is 0 Å². The minimum absolute atomic E-state index is 0.373. The smallest absolute Gasteiger partial charge is 0.337 e. The number of fused-ring (bicyclic) bond motifs is 1. The zero-order valence-corrected chi connectivity index (χ0v) is 12.4. The predicted molar refractivity (Wildman–Crippen MR) is 73.1 cm³/mol. The van der Waals surface area contributed by atoms with E-state index >= 15 is 0 Å². The summed E-state index contributed by atoms with van der Waals surface area (Å²) >= 11 is 3.37. The van der Waals surface area contributed by atoms with Gasteiger partial charge in [-0.2, -0.15) is 0 Å². The number of benzene rings is 1. The van der Waals surface area contributed by atoms with Gasteiger partial charge in [0.25, 0.3) is 0 Å². The van der Waals surface area contributed by atoms with Gasteiger partial charge < -0.3 is 14.7 Å². The van der Waals surface area contributed by atoms with Crippen molar-refractivity contribution in [2.24, 2.45) is 5.16 Å². The topological polar surface area (TPSA) is 68.1 Å². The van der Waals surface area contributed by atoms with Crippen LogP contribution >= 0.6 is 15.9 Å². The summed E-state index contributed by atoms with van der Waals surface area (Å²) in [6.45, 7) is 3.81. The molecule has 0 saturated carbocycles. The molecule has 1 N–H and O–H groups in total. The highest BCUT2D eigenvalue weighted by atomic mass is 79.9. The summed E-state index contributed by atoms with van der Waals surface area (Å²) in [5, 5.41) is 12.5. The van der Waals surface area contributed by atoms with Gasteiger partial charge in [0.2, 0.25) is 0 Å². The largest absolute Gasteiger partial charge is 0.486 e. The number of methoxy groups -OCH3 is 1. The molecule has 1 aliphatic rings. The first-order valence-corrected chi connectivity index (χ1v) is 6.49. The van der Waals surface area contributed by atoms with E-state index in [1.807, 2.05) is 13.8 Å². The Hall–Kier alpha value is -1.56. The Morgan fingerprint density at radius 3 is 2.79 bits per heavy atom. The van der Waals surface area contributed by atoms with Crippen molar-refractivity contribution in [3.05, 3.63) is 27.7 Å². The average molecular weight is 328 g/mol. The minimum atomic E-state index is -0.468. The molecule has 0 aliphatic carbocycles. The molecule has 0 amide bonds. The van der Waals surface area contributed by atoms with E-state index in [9.17, 15) is 4.79 Å². The highest BCUT2D eigenvalue weighted by Crippen LogP contribution is 2.39. The van der Waals surface area contributed by atoms with Crippen LogP contribution in [0.2, 0.25) is 0 Å². The molecule has 0 bridgehead atoms. The third-order valence-corrected chi connectivity index (χ3v) is 3.46. The number of ether oxygens (including phenoxy) is 2. The number of carbonyl (C=O) groups is 1. The van der Waals surface area contributed by atoms with Crippen molar-refractivity contribution in [1.29, 1.82) is 0 Å². The fraction of sp³-hybridized carbons (Fsp3) is 0.385. The molecule has 0 unspecified atom stereocenters. The van der Waals surface area contributed by atoms with Gasteiger partial charge in [0, 0.05) is 12.0 Å². The molecule has 0 saturated heterocycles. The maximum atomic E-state index is 11.6. The highest BCUT2D eigenvalue weighted by molar-refractivity contribution is 9.10. The van der Waals surface area contributed by atoms with Crippen LogP contribution in [0, 0.1) is 0 Å². The second-order valence-electron chi connectivity index (χ2n) is 4.91. The van der Waals surface area contributed by atoms with Gasteiger partial charge in [-0.1, -0.05) is 5.16 Å². The van der Waals surface area contributed by atoms with Crippen LogP contribution < -0.4 is 4.74 Å². The lowest BCUT2D eigenvalue weighted by Crippen LogP contribution is -2.36. The summed E-state index contributed by atoms with van der Waals surface area (Å²) in [6.07, 6.45) is 0.452. The molecule has 1 heterocycles. The molecule has 1 aromatic rings. The molecular weight excluding hydrogens is 314 g/mol. The first kappa shape index (κ1) is 13.9. The summed E-state index contributed by atoms with van der Waals surface area (Å²) in [4.78, 5) is 11.6. The quantitative estimate of drug-likeness (QED) is 0.489. The van der Waals surface area contributed by atoms with Gasteiger partial charge in [0.05, 0.1) is 22.9 Å². The van der Waals surface area contributed by atoms with Crippen LogP contribution in [0.15, 0.2) is 21.8 Å². The maximum Gasteiger partial charge on any atom is 0.337 e. The van der Waals surface area contributed by atoms with Crippen LogP contribution in [-0.2, 0) is 4.74 Å². The van der Waals surface area contributed by atoms with Crippen molar-refractivity contribution in [3.63, 3.8) is 0 Å². The third-order valence-electron chi connectivity index (χ3n) is 2.87. The number of carbonyl (C=O) groups excluding carboxylic acids is 1. The fourth-order valence-corrected chi connectivity index (χ4v) is 2.59. The second kappa shape index (κ2) is 4.85. The van der Waals surface area contributed by atoms with E-state index < -0.39 is 11.6 Å². The Morgan fingerprint density at radius 1 is 1.53 bits per heavy atom. The van der Waals surface area contributed by atoms with Crippen molar-refractivity contribution >= 4 is 27.6 Å². The molecule has 19 heavy (non-hydrogen) atoms. The molecule has 0 aromatic heterocycles. The van der Waals surface area contributed by atoms with E-state index in [4.69, 9.17) is 9.94 Å². The van der Waals surface area contributed by atoms with Crippen molar-refractivity contribution in [3.8, 4) is 5.75 Å². The van der Waals surface area contributed by atoms with Crippen LogP contribution in [0.5, 0.6) is 5.75 Å². The van der Waals surface area contributed by atoms with E-state index in [-0.39, 0.29) is 0 Å². The minimum Gasteiger partial charge on any atom is -0.486 e. The number of hydrogen-bond acceptors (Lipinski definition) is 5. The summed E-state index contributed by atoms with van der Waals surface area (Å²) in [6, 6.07) is 3.23. The number of halogens is 1. The first-order valence-electron chi connectivity index (χ1n) is 5.70. The van der Waals surface area contributed by atoms with E-state index in [0.717, 1.165) is 0 Å². The van der Waals surface area contributed by atoms with Gasteiger partial charge in [-0.15, -0.1) is 0 Å². The summed E-state index contributed by atoms with van der Waals surface area (Å²) in [5.41, 5.74) is 0.982. The molecule has 1 aliphatic heterocycles. The van der Waals surface area contributed by atoms with Crippen molar-refractivity contribution in [2.75, 3.05) is 7.11 Å². The molecule has 102 valence electrons. The molecule has 1 aromatic carbocycles. The van der Waals surface area contributed by atoms with E-state index in [1.165, 1.54) is 7.11 Å². The predicted octanol–water partition coefficient (Wildman–Crippen LogP) is 2.98. The number of nitrogens with zero attached hydrogens (tertiary/aromatic N) is 1. The lowest BCUT2D eigenvalue weighted by molar-refractivity contribution is 0.0600. The SMILES string of the molecule is COC(=O)c1cc(Br)c2c(c1)C(=NO)CC(C)(C)O2. The lowest BCUT2D eigenvalue weighted by Gasteiger charge is -2.33. The molecule has 5 nitrogen and oxygen atoms in total. The number of esters is 1. The molecule has 0 fully saturated rings. The van der Waals surface area contributed by atoms with Gasteiger partial charge in [0.15, 0.2) is 0 Å². The van der Waals surface area contributed by atoms with Crippen LogP contribution in [0.4, 0.5) is 0 Å². The van der Waals surface area contributed by atoms with Gasteiger partial charge in [0.1, 0.15) is 11.4 Å². The Labute approximate surface area is 119 Å². The maximum absolute atomic E-state index is 11.6. The van der Waals surface area contributed by atoms with Crippen LogP contribution in [-0.4, -0.2) is 29.6 Å². The monoisotopic (exact) mass is 327 g/mol. The van der Waals surface area contributed by atoms with E-state index in [1.54, 1.807) is 12.1 Å². The molecule has 2 rings (SSSR count). The standard InChI is InChI=1S/C13H14BrNO4/c1-13(2)6-10(15-17)8-4-7(12(16)18-3)5-9(14)11(8)19-13/h4-5,17H,6H2,1-3H3. The van der Waals surface area contributed by atoms with Gasteiger partial charge in [-0.05, 0) is 41.9 Å². The molecule has 0 atom stereocenters. The Balaban J connectivity index is 2.61. The third kappa shape index (κ3) is 2.58. The van der Waals surface area contributed by atoms with Crippen molar-refractivity contribution in [1.82, 2.24) is 0 Å². The number of oxime groups is 1. The highest BCUT2D eigenvalue weighted by Gasteiger charge is 2.33. The van der Waals surface area contributed by atoms with Gasteiger partial charge >= 0.3 is 5.97 Å². The summed E-state index contributed by atoms with van der Waals surface area (Å²) < 4.78 is 11.2. The molecule has 0 radical (unpaired) electrons. The van der Waals surface area contributed by atoms with Gasteiger partial charge in [-0.25, -0.2) is 4.79 Å².